The summed E-state index contributed by atoms with van der Waals surface area (Å²) in [7, 11) is 2.63. The van der Waals surface area contributed by atoms with Crippen molar-refractivity contribution in [2.75, 3.05) is 25.0 Å². The van der Waals surface area contributed by atoms with Gasteiger partial charge in [-0.25, -0.2) is 4.79 Å². The zero-order valence-corrected chi connectivity index (χ0v) is 33.4. The molecule has 3 aliphatic carbocycles. The van der Waals surface area contributed by atoms with Gasteiger partial charge >= 0.3 is 6.09 Å². The number of nitrogens with one attached hydrogen (secondary N) is 3. The molecule has 1 aliphatic heterocycles. The minimum atomic E-state index is -0.915. The van der Waals surface area contributed by atoms with Crippen molar-refractivity contribution in [1.29, 1.82) is 10.7 Å². The van der Waals surface area contributed by atoms with Crippen LogP contribution in [0.5, 0.6) is 0 Å². The van der Waals surface area contributed by atoms with Gasteiger partial charge in [0.15, 0.2) is 0 Å². The Kier molecular flexibility index (Phi) is 18.8. The number of nitrogens with two attached hydrogens (primary N) is 1. The van der Waals surface area contributed by atoms with Gasteiger partial charge in [0.05, 0.1) is 29.1 Å². The molecule has 4 aliphatic rings. The van der Waals surface area contributed by atoms with Gasteiger partial charge in [0.1, 0.15) is 18.4 Å². The highest BCUT2D eigenvalue weighted by atomic mass is 31.0. The van der Waals surface area contributed by atoms with Crippen molar-refractivity contribution in [3.63, 3.8) is 0 Å². The van der Waals surface area contributed by atoms with Crippen LogP contribution in [0.25, 0.3) is 5.70 Å². The first kappa shape index (κ1) is 45.0. The summed E-state index contributed by atoms with van der Waals surface area (Å²) >= 11 is 0. The van der Waals surface area contributed by atoms with Crippen LogP contribution in [0, 0.1) is 16.7 Å². The Balaban J connectivity index is 0.00000206. The summed E-state index contributed by atoms with van der Waals surface area (Å²) in [4.78, 5) is 23.6. The van der Waals surface area contributed by atoms with Crippen molar-refractivity contribution in [1.82, 2.24) is 15.2 Å². The molecule has 51 heavy (non-hydrogen) atoms. The number of carbonyl (C=O) groups excluding carboxylic acids is 1. The monoisotopic (exact) mass is 723 g/mol. The van der Waals surface area contributed by atoms with E-state index in [2.05, 4.69) is 36.5 Å². The SMILES string of the molecule is C=C(/C=C(/C#N)C=N)N/C(=C\C)c1cc(NC23CCC(N4CCOC4=O)(CC2)CC3)c(/C(C=NCC(P)C(C)(C)O)=N/N)cn1.CC.CC.CC. The Morgan fingerprint density at radius 2 is 1.84 bits per heavy atom. The number of rotatable bonds is 13. The maximum Gasteiger partial charge on any atom is 0.410 e. The molecule has 2 bridgehead atoms. The molecular formula is C38H62N9O3P. The van der Waals surface area contributed by atoms with E-state index < -0.39 is 5.60 Å². The number of carbonyl (C=O) groups is 1. The van der Waals surface area contributed by atoms with E-state index in [1.807, 2.05) is 71.6 Å². The lowest BCUT2D eigenvalue weighted by molar-refractivity contribution is 0.0152. The number of ether oxygens (including phenoxy) is 1. The molecule has 12 nitrogen and oxygen atoms in total. The number of hydrogen-bond donors (Lipinski definition) is 5. The van der Waals surface area contributed by atoms with Crippen LogP contribution in [0.1, 0.15) is 112 Å². The first-order chi connectivity index (χ1) is 24.4. The minimum Gasteiger partial charge on any atom is -0.448 e. The van der Waals surface area contributed by atoms with E-state index in [4.69, 9.17) is 21.0 Å². The van der Waals surface area contributed by atoms with E-state index in [0.29, 0.717) is 48.1 Å². The third kappa shape index (κ3) is 11.7. The molecular weight excluding hydrogens is 661 g/mol. The number of anilines is 1. The molecule has 2 unspecified atom stereocenters. The van der Waals surface area contributed by atoms with Crippen LogP contribution in [0.15, 0.2) is 52.4 Å². The average molecular weight is 724 g/mol. The zero-order valence-electron chi connectivity index (χ0n) is 32.3. The Bertz CT molecular complexity index is 1460. The molecule has 2 atom stereocenters. The highest BCUT2D eigenvalue weighted by molar-refractivity contribution is 7.17. The summed E-state index contributed by atoms with van der Waals surface area (Å²) < 4.78 is 5.27. The summed E-state index contributed by atoms with van der Waals surface area (Å²) in [5.41, 5.74) is 2.39. The summed E-state index contributed by atoms with van der Waals surface area (Å²) in [6.07, 6.45) is 12.7. The summed E-state index contributed by atoms with van der Waals surface area (Å²) in [6, 6.07) is 3.89. The van der Waals surface area contributed by atoms with Crippen molar-refractivity contribution in [3.05, 3.63) is 53.5 Å². The van der Waals surface area contributed by atoms with Gasteiger partial charge in [-0.2, -0.15) is 10.4 Å². The molecule has 1 aromatic heterocycles. The number of cyclic esters (lactones) is 1. The van der Waals surface area contributed by atoms with Gasteiger partial charge < -0.3 is 31.7 Å². The van der Waals surface area contributed by atoms with Gasteiger partial charge in [0.25, 0.3) is 0 Å². The molecule has 13 heteroatoms. The number of aliphatic hydroxyl groups is 1. The van der Waals surface area contributed by atoms with Crippen LogP contribution in [0.4, 0.5) is 10.5 Å². The first-order valence-corrected chi connectivity index (χ1v) is 18.8. The highest BCUT2D eigenvalue weighted by Gasteiger charge is 2.54. The minimum absolute atomic E-state index is 0.149. The van der Waals surface area contributed by atoms with E-state index in [-0.39, 0.29) is 28.4 Å². The number of nitriles is 1. The van der Waals surface area contributed by atoms with Gasteiger partial charge in [-0.05, 0) is 71.4 Å². The van der Waals surface area contributed by atoms with E-state index in [9.17, 15) is 15.2 Å². The quantitative estimate of drug-likeness (QED) is 0.0354. The Morgan fingerprint density at radius 1 is 1.24 bits per heavy atom. The van der Waals surface area contributed by atoms with Crippen molar-refractivity contribution >= 4 is 44.9 Å². The molecule has 1 amide bonds. The van der Waals surface area contributed by atoms with Crippen molar-refractivity contribution in [3.8, 4) is 6.07 Å². The molecule has 4 fully saturated rings. The van der Waals surface area contributed by atoms with Gasteiger partial charge in [0.2, 0.25) is 0 Å². The van der Waals surface area contributed by atoms with Crippen LogP contribution < -0.4 is 16.5 Å². The Morgan fingerprint density at radius 3 is 2.31 bits per heavy atom. The molecule has 3 saturated carbocycles. The molecule has 1 aromatic rings. The van der Waals surface area contributed by atoms with E-state index in [0.717, 1.165) is 50.4 Å². The Hall–Kier alpha value is -4.07. The number of hydrazone groups is 1. The fourth-order valence-corrected chi connectivity index (χ4v) is 6.34. The largest absolute Gasteiger partial charge is 0.448 e. The standard InChI is InChI=1S/C32H44N9O3P.3C2H6/c1-5-24(38-21(2)14-22(16-33)17-34)26-15-25(23(18-37-26)27(40-35)19-36-20-28(45)30(3,4)43)39-31-6-9-32(10-7-31,11-8-31)41-12-13-44-29(41)42;3*1-2/h5,14-16,18-19,28,33,38,43H,2,6-13,20,35,45H2,1,3-4H3,(H,37,39);3*1-2H3/b22-14+,24-5-,33-16?,36-19?,40-27+;;;. The fraction of sp³-hybridized carbons (Fsp3) is 0.579. The second-order valence-electron chi connectivity index (χ2n) is 12.5. The number of aliphatic imine (C=N–C) groups is 1. The second kappa shape index (κ2) is 21.3. The first-order valence-electron chi connectivity index (χ1n) is 18.1. The number of nitrogens with zero attached hydrogens (tertiary/aromatic N) is 5. The molecule has 6 N–H and O–H groups in total. The molecule has 282 valence electrons. The number of aromatic nitrogens is 1. The maximum atomic E-state index is 12.4. The second-order valence-corrected chi connectivity index (χ2v) is 13.3. The number of allylic oxidation sites excluding steroid dienone is 3. The van der Waals surface area contributed by atoms with E-state index in [1.54, 1.807) is 26.3 Å². The zero-order chi connectivity index (χ0) is 38.8. The Labute approximate surface area is 308 Å². The van der Waals surface area contributed by atoms with Gasteiger partial charge in [-0.3, -0.25) is 14.9 Å². The average Bonchev–Trinajstić information content (AvgIpc) is 3.60. The molecule has 5 rings (SSSR count). The lowest BCUT2D eigenvalue weighted by atomic mass is 9.60. The van der Waals surface area contributed by atoms with Gasteiger partial charge in [-0.15, -0.1) is 9.24 Å². The molecule has 1 saturated heterocycles. The number of pyridine rings is 1. The summed E-state index contributed by atoms with van der Waals surface area (Å²) in [5.74, 6) is 5.90. The number of fused-ring (bicyclic) bond motifs is 3. The predicted octanol–water partition coefficient (Wildman–Crippen LogP) is 7.18. The lowest BCUT2D eigenvalue weighted by Crippen LogP contribution is -2.61. The van der Waals surface area contributed by atoms with E-state index in [1.165, 1.54) is 6.08 Å². The van der Waals surface area contributed by atoms with Crippen LogP contribution in [0.2, 0.25) is 0 Å². The van der Waals surface area contributed by atoms with Crippen molar-refractivity contribution < 1.29 is 14.6 Å². The van der Waals surface area contributed by atoms with Crippen LogP contribution in [0.3, 0.4) is 0 Å². The third-order valence-electron chi connectivity index (χ3n) is 9.16. The van der Waals surface area contributed by atoms with Gasteiger partial charge in [0, 0.05) is 58.9 Å². The molecule has 0 aromatic carbocycles. The lowest BCUT2D eigenvalue weighted by Gasteiger charge is -2.56. The van der Waals surface area contributed by atoms with Crippen LogP contribution in [-0.4, -0.2) is 81.3 Å². The van der Waals surface area contributed by atoms with Crippen molar-refractivity contribution in [2.45, 2.75) is 123 Å². The predicted molar refractivity (Wildman–Crippen MR) is 215 cm³/mol. The third-order valence-corrected chi connectivity index (χ3v) is 10.2. The number of amides is 1. The van der Waals surface area contributed by atoms with Crippen LogP contribution in [-0.2, 0) is 4.74 Å². The van der Waals surface area contributed by atoms with Gasteiger partial charge in [-0.1, -0.05) is 54.2 Å². The maximum absolute atomic E-state index is 12.4. The van der Waals surface area contributed by atoms with E-state index >= 15 is 0 Å². The summed E-state index contributed by atoms with van der Waals surface area (Å²) in [6.45, 7) is 22.8. The molecule has 2 heterocycles. The molecule has 0 spiro atoms. The fourth-order valence-electron chi connectivity index (χ4n) is 6.21. The smallest absolute Gasteiger partial charge is 0.410 e. The highest BCUT2D eigenvalue weighted by Crippen LogP contribution is 2.52. The topological polar surface area (TPSA) is 185 Å². The molecule has 0 radical (unpaired) electrons. The number of hydrogen-bond acceptors (Lipinski definition) is 11. The van der Waals surface area contributed by atoms with Crippen molar-refractivity contribution in [2.24, 2.45) is 15.9 Å². The normalized spacial score (nSPS) is 22.2. The van der Waals surface area contributed by atoms with Crippen LogP contribution >= 0.6 is 9.24 Å². The summed E-state index contributed by atoms with van der Waals surface area (Å²) in [5, 5.41) is 38.0.